The van der Waals surface area contributed by atoms with Crippen LogP contribution in [0.15, 0.2) is 60.9 Å². The van der Waals surface area contributed by atoms with Crippen LogP contribution in [0, 0.1) is 17.0 Å². The Labute approximate surface area is 155 Å². The molecule has 0 spiro atoms. The molecule has 27 heavy (non-hydrogen) atoms. The average Bonchev–Trinajstić information content (AvgIpc) is 2.66. The van der Waals surface area contributed by atoms with E-state index >= 15 is 0 Å². The van der Waals surface area contributed by atoms with Crippen molar-refractivity contribution in [1.82, 2.24) is 9.97 Å². The van der Waals surface area contributed by atoms with Gasteiger partial charge in [0, 0.05) is 12.3 Å². The second kappa shape index (κ2) is 7.61. The van der Waals surface area contributed by atoms with E-state index in [1.54, 1.807) is 12.3 Å². The van der Waals surface area contributed by atoms with Crippen LogP contribution in [0.1, 0.15) is 33.2 Å². The standard InChI is InChI=1S/C19H17N5O3/c1-12-5-4-6-13(9-12)17(16-7-2-3-8-21-16)23-19-15(18(20)25)10-14(11-22-19)24(26)27/h2-11,17H,1H3,(H2,20,25)(H,22,23). The highest BCUT2D eigenvalue weighted by molar-refractivity contribution is 5.98. The molecule has 2 heterocycles. The summed E-state index contributed by atoms with van der Waals surface area (Å²) in [5, 5.41) is 14.1. The fraction of sp³-hybridized carbons (Fsp3) is 0.105. The molecule has 2 aromatic heterocycles. The number of nitrogens with one attached hydrogen (secondary N) is 1. The second-order valence-corrected chi connectivity index (χ2v) is 5.96. The maximum absolute atomic E-state index is 11.8. The van der Waals surface area contributed by atoms with Crippen LogP contribution in [-0.4, -0.2) is 20.8 Å². The van der Waals surface area contributed by atoms with Gasteiger partial charge in [0.25, 0.3) is 11.6 Å². The average molecular weight is 363 g/mol. The molecule has 8 heteroatoms. The van der Waals surface area contributed by atoms with Crippen LogP contribution in [0.2, 0.25) is 0 Å². The third-order valence-corrected chi connectivity index (χ3v) is 3.99. The number of rotatable bonds is 6. The van der Waals surface area contributed by atoms with Gasteiger partial charge in [0.05, 0.1) is 22.2 Å². The SMILES string of the molecule is Cc1cccc(C(Nc2ncc([N+](=O)[O-])cc2C(N)=O)c2ccccn2)c1. The first-order valence-corrected chi connectivity index (χ1v) is 8.14. The number of anilines is 1. The third-order valence-electron chi connectivity index (χ3n) is 3.99. The number of carbonyl (C=O) groups excluding carboxylic acids is 1. The van der Waals surface area contributed by atoms with Gasteiger partial charge in [-0.1, -0.05) is 35.9 Å². The lowest BCUT2D eigenvalue weighted by atomic mass is 10.0. The van der Waals surface area contributed by atoms with Gasteiger partial charge in [0.2, 0.25) is 0 Å². The number of amides is 1. The second-order valence-electron chi connectivity index (χ2n) is 5.96. The predicted molar refractivity (Wildman–Crippen MR) is 100 cm³/mol. The molecular weight excluding hydrogens is 346 g/mol. The lowest BCUT2D eigenvalue weighted by molar-refractivity contribution is -0.385. The minimum Gasteiger partial charge on any atom is -0.365 e. The topological polar surface area (TPSA) is 124 Å². The van der Waals surface area contributed by atoms with Gasteiger partial charge in [0.15, 0.2) is 0 Å². The van der Waals surface area contributed by atoms with E-state index in [0.29, 0.717) is 5.69 Å². The summed E-state index contributed by atoms with van der Waals surface area (Å²) < 4.78 is 0. The van der Waals surface area contributed by atoms with Crippen molar-refractivity contribution in [2.24, 2.45) is 5.73 Å². The largest absolute Gasteiger partial charge is 0.365 e. The highest BCUT2D eigenvalue weighted by Gasteiger charge is 2.21. The van der Waals surface area contributed by atoms with E-state index in [9.17, 15) is 14.9 Å². The Morgan fingerprint density at radius 3 is 2.63 bits per heavy atom. The first-order valence-electron chi connectivity index (χ1n) is 8.14. The number of nitrogens with zero attached hydrogens (tertiary/aromatic N) is 3. The Balaban J connectivity index is 2.07. The number of carbonyl (C=O) groups is 1. The van der Waals surface area contributed by atoms with Gasteiger partial charge in [-0.05, 0) is 24.6 Å². The number of benzene rings is 1. The molecule has 1 atom stereocenters. The highest BCUT2D eigenvalue weighted by atomic mass is 16.6. The summed E-state index contributed by atoms with van der Waals surface area (Å²) in [5.41, 5.74) is 7.71. The van der Waals surface area contributed by atoms with E-state index in [0.717, 1.165) is 23.4 Å². The molecule has 8 nitrogen and oxygen atoms in total. The number of aromatic nitrogens is 2. The van der Waals surface area contributed by atoms with Gasteiger partial charge < -0.3 is 11.1 Å². The normalized spacial score (nSPS) is 11.6. The summed E-state index contributed by atoms with van der Waals surface area (Å²) in [5.74, 6) is -0.650. The summed E-state index contributed by atoms with van der Waals surface area (Å²) in [4.78, 5) is 30.6. The molecule has 0 saturated heterocycles. The molecule has 1 aromatic carbocycles. The zero-order valence-corrected chi connectivity index (χ0v) is 14.5. The lowest BCUT2D eigenvalue weighted by Gasteiger charge is -2.21. The Bertz CT molecular complexity index is 992. The van der Waals surface area contributed by atoms with E-state index in [-0.39, 0.29) is 17.1 Å². The maximum atomic E-state index is 11.8. The lowest BCUT2D eigenvalue weighted by Crippen LogP contribution is -2.20. The Morgan fingerprint density at radius 1 is 1.19 bits per heavy atom. The molecule has 3 aromatic rings. The number of primary amides is 1. The molecule has 136 valence electrons. The first-order chi connectivity index (χ1) is 13.0. The summed E-state index contributed by atoms with van der Waals surface area (Å²) in [7, 11) is 0. The highest BCUT2D eigenvalue weighted by Crippen LogP contribution is 2.28. The molecule has 0 aliphatic heterocycles. The molecule has 0 radical (unpaired) electrons. The molecule has 0 fully saturated rings. The monoisotopic (exact) mass is 363 g/mol. The zero-order valence-electron chi connectivity index (χ0n) is 14.5. The van der Waals surface area contributed by atoms with Crippen molar-refractivity contribution in [2.45, 2.75) is 13.0 Å². The van der Waals surface area contributed by atoms with E-state index in [4.69, 9.17) is 5.73 Å². The number of pyridine rings is 2. The van der Waals surface area contributed by atoms with Crippen LogP contribution >= 0.6 is 0 Å². The molecule has 1 amide bonds. The fourth-order valence-electron chi connectivity index (χ4n) is 2.72. The van der Waals surface area contributed by atoms with E-state index in [1.807, 2.05) is 43.3 Å². The molecule has 0 aliphatic carbocycles. The van der Waals surface area contributed by atoms with Crippen LogP contribution in [0.3, 0.4) is 0 Å². The quantitative estimate of drug-likeness (QED) is 0.512. The van der Waals surface area contributed by atoms with Gasteiger partial charge in [-0.3, -0.25) is 19.9 Å². The van der Waals surface area contributed by atoms with Gasteiger partial charge in [-0.15, -0.1) is 0 Å². The summed E-state index contributed by atoms with van der Waals surface area (Å²) >= 11 is 0. The van der Waals surface area contributed by atoms with Crippen molar-refractivity contribution in [2.75, 3.05) is 5.32 Å². The molecule has 0 bridgehead atoms. The van der Waals surface area contributed by atoms with Crippen molar-refractivity contribution in [3.05, 3.63) is 93.4 Å². The van der Waals surface area contributed by atoms with E-state index < -0.39 is 16.9 Å². The predicted octanol–water partition coefficient (Wildman–Crippen LogP) is 2.99. The van der Waals surface area contributed by atoms with Gasteiger partial charge in [-0.2, -0.15) is 0 Å². The van der Waals surface area contributed by atoms with Crippen LogP contribution in [0.5, 0.6) is 0 Å². The molecule has 3 N–H and O–H groups in total. The molecule has 0 aliphatic rings. The Morgan fingerprint density at radius 2 is 2.00 bits per heavy atom. The molecule has 3 rings (SSSR count). The zero-order chi connectivity index (χ0) is 19.4. The first kappa shape index (κ1) is 18.0. The van der Waals surface area contributed by atoms with Crippen LogP contribution in [-0.2, 0) is 0 Å². The van der Waals surface area contributed by atoms with Crippen molar-refractivity contribution in [3.8, 4) is 0 Å². The number of nitrogens with two attached hydrogens (primary N) is 1. The summed E-state index contributed by atoms with van der Waals surface area (Å²) in [6.45, 7) is 1.97. The number of hydrogen-bond acceptors (Lipinski definition) is 6. The van der Waals surface area contributed by atoms with E-state index in [2.05, 4.69) is 15.3 Å². The maximum Gasteiger partial charge on any atom is 0.288 e. The van der Waals surface area contributed by atoms with Gasteiger partial charge in [0.1, 0.15) is 12.0 Å². The van der Waals surface area contributed by atoms with Gasteiger partial charge >= 0.3 is 0 Å². The van der Waals surface area contributed by atoms with Crippen molar-refractivity contribution in [1.29, 1.82) is 0 Å². The van der Waals surface area contributed by atoms with Crippen LogP contribution in [0.4, 0.5) is 11.5 Å². The van der Waals surface area contributed by atoms with Crippen molar-refractivity contribution >= 4 is 17.4 Å². The third kappa shape index (κ3) is 4.06. The smallest absolute Gasteiger partial charge is 0.288 e. The summed E-state index contributed by atoms with van der Waals surface area (Å²) in [6.07, 6.45) is 2.75. The number of aryl methyl sites for hydroxylation is 1. The van der Waals surface area contributed by atoms with Crippen LogP contribution in [0.25, 0.3) is 0 Å². The molecular formula is C19H17N5O3. The minimum atomic E-state index is -0.808. The number of nitro groups is 1. The Hall–Kier alpha value is -3.81. The fourth-order valence-corrected chi connectivity index (χ4v) is 2.72. The molecule has 0 saturated carbocycles. The van der Waals surface area contributed by atoms with E-state index in [1.165, 1.54) is 0 Å². The number of hydrogen-bond donors (Lipinski definition) is 2. The van der Waals surface area contributed by atoms with Crippen LogP contribution < -0.4 is 11.1 Å². The summed E-state index contributed by atoms with van der Waals surface area (Å²) in [6, 6.07) is 14.0. The van der Waals surface area contributed by atoms with Gasteiger partial charge in [-0.25, -0.2) is 4.98 Å². The van der Waals surface area contributed by atoms with Crippen molar-refractivity contribution < 1.29 is 9.72 Å². The van der Waals surface area contributed by atoms with Crippen molar-refractivity contribution in [3.63, 3.8) is 0 Å². The Kier molecular flexibility index (Phi) is 5.07. The molecule has 1 unspecified atom stereocenters. The minimum absolute atomic E-state index is 0.0576.